The molecule has 56 heavy (non-hydrogen) atoms. The Kier molecular flexibility index (Phi) is 7.42. The van der Waals surface area contributed by atoms with Crippen LogP contribution in [0.15, 0.2) is 199 Å². The quantitative estimate of drug-likeness (QED) is 0.172. The van der Waals surface area contributed by atoms with Crippen LogP contribution in [0.2, 0.25) is 0 Å². The van der Waals surface area contributed by atoms with Crippen LogP contribution in [-0.2, 0) is 0 Å². The Morgan fingerprint density at radius 3 is 1.54 bits per heavy atom. The number of furan rings is 1. The monoisotopic (exact) mass is 716 g/mol. The number of hydrogen-bond acceptors (Lipinski definition) is 4. The number of nitrogens with zero attached hydrogens (tertiary/aromatic N) is 4. The van der Waals surface area contributed by atoms with Crippen LogP contribution in [0.4, 0.5) is 0 Å². The van der Waals surface area contributed by atoms with Crippen molar-refractivity contribution in [3.63, 3.8) is 0 Å². The van der Waals surface area contributed by atoms with Gasteiger partial charge in [-0.25, -0.2) is 15.0 Å². The highest BCUT2D eigenvalue weighted by Gasteiger charge is 2.18. The standard InChI is InChI=1S/C51H32N4O/c1-4-15-33(16-5-1)37-27-38(29-39(28-37)51-53-49(34-17-6-2-7-18-34)52-50(54-51)35-19-8-3-9-20-35)36-21-14-22-40(30-36)55-45-25-12-10-23-41(45)43-32-48-44(31-46(43)55)42-24-11-13-26-47(42)56-48/h1-32H. The van der Waals surface area contributed by atoms with Crippen molar-refractivity contribution in [3.8, 4) is 62.1 Å². The van der Waals surface area contributed by atoms with Gasteiger partial charge in [0.15, 0.2) is 17.5 Å². The summed E-state index contributed by atoms with van der Waals surface area (Å²) in [7, 11) is 0. The molecule has 0 fully saturated rings. The maximum Gasteiger partial charge on any atom is 0.164 e. The zero-order valence-corrected chi connectivity index (χ0v) is 30.2. The van der Waals surface area contributed by atoms with E-state index in [1.807, 2.05) is 78.9 Å². The van der Waals surface area contributed by atoms with Gasteiger partial charge in [0, 0.05) is 43.9 Å². The summed E-state index contributed by atoms with van der Waals surface area (Å²) in [5, 5.41) is 4.56. The van der Waals surface area contributed by atoms with Crippen molar-refractivity contribution in [2.24, 2.45) is 0 Å². The summed E-state index contributed by atoms with van der Waals surface area (Å²) >= 11 is 0. The molecule has 5 nitrogen and oxygen atoms in total. The minimum atomic E-state index is 0.617. The molecule has 11 rings (SSSR count). The average Bonchev–Trinajstić information content (AvgIpc) is 3.81. The molecule has 0 saturated carbocycles. The summed E-state index contributed by atoms with van der Waals surface area (Å²) in [6, 6.07) is 67.6. The number of hydrogen-bond donors (Lipinski definition) is 0. The van der Waals surface area contributed by atoms with E-state index >= 15 is 0 Å². The first kappa shape index (κ1) is 31.9. The van der Waals surface area contributed by atoms with Crippen molar-refractivity contribution in [1.29, 1.82) is 0 Å². The first-order chi connectivity index (χ1) is 27.7. The minimum absolute atomic E-state index is 0.617. The second-order valence-corrected chi connectivity index (χ2v) is 14.1. The number of rotatable bonds is 6. The van der Waals surface area contributed by atoms with Crippen molar-refractivity contribution in [1.82, 2.24) is 19.5 Å². The number of para-hydroxylation sites is 2. The molecule has 0 radical (unpaired) electrons. The van der Waals surface area contributed by atoms with Crippen molar-refractivity contribution in [3.05, 3.63) is 194 Å². The lowest BCUT2D eigenvalue weighted by Crippen LogP contribution is -2.00. The molecule has 0 atom stereocenters. The topological polar surface area (TPSA) is 56.7 Å². The Hall–Kier alpha value is -7.63. The fraction of sp³-hybridized carbons (Fsp3) is 0. The lowest BCUT2D eigenvalue weighted by Gasteiger charge is -2.14. The average molecular weight is 717 g/mol. The van der Waals surface area contributed by atoms with E-state index in [1.165, 1.54) is 5.39 Å². The van der Waals surface area contributed by atoms with Crippen LogP contribution < -0.4 is 0 Å². The Balaban J connectivity index is 1.12. The maximum atomic E-state index is 6.34. The Morgan fingerprint density at radius 2 is 0.839 bits per heavy atom. The van der Waals surface area contributed by atoms with Crippen LogP contribution >= 0.6 is 0 Å². The van der Waals surface area contributed by atoms with Gasteiger partial charge in [-0.05, 0) is 76.9 Å². The van der Waals surface area contributed by atoms with E-state index in [-0.39, 0.29) is 0 Å². The second kappa shape index (κ2) is 13.0. The van der Waals surface area contributed by atoms with Gasteiger partial charge in [0.25, 0.3) is 0 Å². The van der Waals surface area contributed by atoms with Crippen LogP contribution in [0.25, 0.3) is 106 Å². The number of benzene rings is 8. The summed E-state index contributed by atoms with van der Waals surface area (Å²) in [6.45, 7) is 0. The Labute approximate surface area is 322 Å². The van der Waals surface area contributed by atoms with Gasteiger partial charge in [-0.15, -0.1) is 0 Å². The molecule has 8 aromatic carbocycles. The lowest BCUT2D eigenvalue weighted by molar-refractivity contribution is 0.669. The molecule has 3 heterocycles. The highest BCUT2D eigenvalue weighted by atomic mass is 16.3. The molecule has 0 aliphatic heterocycles. The molecule has 0 N–H and O–H groups in total. The molecule has 0 saturated heterocycles. The summed E-state index contributed by atoms with van der Waals surface area (Å²) in [5.41, 5.74) is 12.3. The second-order valence-electron chi connectivity index (χ2n) is 14.1. The smallest absolute Gasteiger partial charge is 0.164 e. The van der Waals surface area contributed by atoms with E-state index < -0.39 is 0 Å². The highest BCUT2D eigenvalue weighted by molar-refractivity contribution is 6.17. The Bertz CT molecular complexity index is 3180. The molecular weight excluding hydrogens is 685 g/mol. The van der Waals surface area contributed by atoms with Gasteiger partial charge in [-0.2, -0.15) is 0 Å². The molecule has 3 aromatic heterocycles. The van der Waals surface area contributed by atoms with E-state index in [9.17, 15) is 0 Å². The van der Waals surface area contributed by atoms with Gasteiger partial charge in [0.1, 0.15) is 11.2 Å². The Morgan fingerprint density at radius 1 is 0.304 bits per heavy atom. The molecule has 0 spiro atoms. The zero-order chi connectivity index (χ0) is 37.0. The summed E-state index contributed by atoms with van der Waals surface area (Å²) in [5.74, 6) is 1.88. The van der Waals surface area contributed by atoms with Crippen LogP contribution in [0.3, 0.4) is 0 Å². The normalized spacial score (nSPS) is 11.6. The van der Waals surface area contributed by atoms with Gasteiger partial charge < -0.3 is 8.98 Å². The van der Waals surface area contributed by atoms with Gasteiger partial charge in [-0.1, -0.05) is 140 Å². The first-order valence-corrected chi connectivity index (χ1v) is 18.8. The SMILES string of the molecule is c1ccc(-c2cc(-c3cccc(-n4c5ccccc5c5cc6oc7ccccc7c6cc54)c3)cc(-c3nc(-c4ccccc4)nc(-c4ccccc4)n3)c2)cc1. The van der Waals surface area contributed by atoms with E-state index in [2.05, 4.69) is 120 Å². The van der Waals surface area contributed by atoms with Gasteiger partial charge in [-0.3, -0.25) is 0 Å². The minimum Gasteiger partial charge on any atom is -0.456 e. The molecule has 11 aromatic rings. The van der Waals surface area contributed by atoms with Crippen molar-refractivity contribution >= 4 is 43.7 Å². The molecule has 0 unspecified atom stereocenters. The van der Waals surface area contributed by atoms with Crippen LogP contribution in [0, 0.1) is 0 Å². The molecule has 0 bridgehead atoms. The summed E-state index contributed by atoms with van der Waals surface area (Å²) in [4.78, 5) is 15.2. The maximum absolute atomic E-state index is 6.34. The zero-order valence-electron chi connectivity index (χ0n) is 30.2. The van der Waals surface area contributed by atoms with E-state index in [0.29, 0.717) is 17.5 Å². The number of fused-ring (bicyclic) bond motifs is 6. The fourth-order valence-corrected chi connectivity index (χ4v) is 7.95. The summed E-state index contributed by atoms with van der Waals surface area (Å²) in [6.07, 6.45) is 0. The highest BCUT2D eigenvalue weighted by Crippen LogP contribution is 2.40. The van der Waals surface area contributed by atoms with Crippen molar-refractivity contribution < 1.29 is 4.42 Å². The third kappa shape index (κ3) is 5.45. The van der Waals surface area contributed by atoms with Crippen LogP contribution in [0.1, 0.15) is 0 Å². The molecule has 0 amide bonds. The molecular formula is C51H32N4O. The molecule has 0 aliphatic carbocycles. The predicted octanol–water partition coefficient (Wildman–Crippen LogP) is 13.2. The van der Waals surface area contributed by atoms with Crippen LogP contribution in [-0.4, -0.2) is 19.5 Å². The first-order valence-electron chi connectivity index (χ1n) is 18.8. The van der Waals surface area contributed by atoms with Crippen LogP contribution in [0.5, 0.6) is 0 Å². The van der Waals surface area contributed by atoms with Gasteiger partial charge in [0.2, 0.25) is 0 Å². The van der Waals surface area contributed by atoms with Gasteiger partial charge >= 0.3 is 0 Å². The third-order valence-electron chi connectivity index (χ3n) is 10.6. The lowest BCUT2D eigenvalue weighted by atomic mass is 9.95. The van der Waals surface area contributed by atoms with E-state index in [4.69, 9.17) is 19.4 Å². The van der Waals surface area contributed by atoms with E-state index in [1.54, 1.807) is 0 Å². The third-order valence-corrected chi connectivity index (χ3v) is 10.6. The molecule has 262 valence electrons. The number of aromatic nitrogens is 4. The van der Waals surface area contributed by atoms with Crippen molar-refractivity contribution in [2.45, 2.75) is 0 Å². The fourth-order valence-electron chi connectivity index (χ4n) is 7.95. The van der Waals surface area contributed by atoms with E-state index in [0.717, 1.165) is 83.0 Å². The molecule has 5 heteroatoms. The van der Waals surface area contributed by atoms with Gasteiger partial charge in [0.05, 0.1) is 11.0 Å². The van der Waals surface area contributed by atoms with Crippen molar-refractivity contribution in [2.75, 3.05) is 0 Å². The summed E-state index contributed by atoms with van der Waals surface area (Å²) < 4.78 is 8.71. The molecule has 0 aliphatic rings. The largest absolute Gasteiger partial charge is 0.456 e. The predicted molar refractivity (Wildman–Crippen MR) is 229 cm³/mol.